The molecule has 4 rings (SSSR count). The van der Waals surface area contributed by atoms with Gasteiger partial charge in [0, 0.05) is 43.3 Å². The van der Waals surface area contributed by atoms with Gasteiger partial charge in [0.2, 0.25) is 0 Å². The second-order valence-corrected chi connectivity index (χ2v) is 11.2. The van der Waals surface area contributed by atoms with Gasteiger partial charge in [-0.2, -0.15) is 5.26 Å². The lowest BCUT2D eigenvalue weighted by Gasteiger charge is -2.37. The lowest BCUT2D eigenvalue weighted by Crippen LogP contribution is -2.48. The molecule has 194 valence electrons. The zero-order valence-corrected chi connectivity index (χ0v) is 23.7. The van der Waals surface area contributed by atoms with Crippen molar-refractivity contribution in [3.63, 3.8) is 0 Å². The van der Waals surface area contributed by atoms with E-state index < -0.39 is 0 Å². The molecular weight excluding hydrogens is 526 g/mol. The first-order valence-electron chi connectivity index (χ1n) is 12.4. The van der Waals surface area contributed by atoms with Gasteiger partial charge < -0.3 is 9.80 Å². The summed E-state index contributed by atoms with van der Waals surface area (Å²) < 4.78 is 2.16. The van der Waals surface area contributed by atoms with Crippen molar-refractivity contribution >= 4 is 57.7 Å². The van der Waals surface area contributed by atoms with E-state index in [2.05, 4.69) is 22.8 Å². The van der Waals surface area contributed by atoms with E-state index in [1.54, 1.807) is 22.5 Å². The first-order chi connectivity index (χ1) is 17.8. The van der Waals surface area contributed by atoms with Crippen LogP contribution in [0.25, 0.3) is 6.08 Å². The zero-order chi connectivity index (χ0) is 26.7. The average Bonchev–Trinajstić information content (AvgIpc) is 3.16. The number of piperazine rings is 1. The summed E-state index contributed by atoms with van der Waals surface area (Å²) in [5, 5.41) is 10.4. The predicted molar refractivity (Wildman–Crippen MR) is 155 cm³/mol. The lowest BCUT2D eigenvalue weighted by molar-refractivity contribution is -0.122. The highest BCUT2D eigenvalue weighted by Gasteiger charge is 2.34. The van der Waals surface area contributed by atoms with E-state index in [1.165, 1.54) is 11.8 Å². The third-order valence-corrected chi connectivity index (χ3v) is 8.59. The lowest BCUT2D eigenvalue weighted by atomic mass is 10.0. The highest BCUT2D eigenvalue weighted by atomic mass is 35.5. The molecule has 37 heavy (non-hydrogen) atoms. The molecule has 0 spiro atoms. The first kappa shape index (κ1) is 27.4. The number of halogens is 1. The zero-order valence-electron chi connectivity index (χ0n) is 21.3. The van der Waals surface area contributed by atoms with Crippen molar-refractivity contribution in [3.05, 3.63) is 66.8 Å². The summed E-state index contributed by atoms with van der Waals surface area (Å²) in [6.45, 7) is 11.0. The van der Waals surface area contributed by atoms with Crippen molar-refractivity contribution in [1.82, 2.24) is 14.4 Å². The highest BCUT2D eigenvalue weighted by Crippen LogP contribution is 2.37. The molecule has 3 heterocycles. The Kier molecular flexibility index (Phi) is 8.75. The molecule has 2 aromatic rings. The van der Waals surface area contributed by atoms with Crippen molar-refractivity contribution < 1.29 is 4.79 Å². The third-order valence-electron chi connectivity index (χ3n) is 6.85. The summed E-state index contributed by atoms with van der Waals surface area (Å²) in [4.78, 5) is 33.5. The van der Waals surface area contributed by atoms with E-state index >= 15 is 0 Å². The molecule has 2 aliphatic heterocycles. The molecule has 2 fully saturated rings. The first-order valence-corrected chi connectivity index (χ1v) is 14.0. The smallest absolute Gasteiger partial charge is 0.270 e. The van der Waals surface area contributed by atoms with Crippen LogP contribution < -0.4 is 10.5 Å². The molecule has 7 nitrogen and oxygen atoms in total. The Balaban J connectivity index is 1.80. The number of rotatable bonds is 7. The Morgan fingerprint density at radius 1 is 1.16 bits per heavy atom. The Morgan fingerprint density at radius 2 is 1.86 bits per heavy atom. The van der Waals surface area contributed by atoms with Gasteiger partial charge in [0.25, 0.3) is 11.5 Å². The number of pyridine rings is 1. The number of thiocarbonyl (C=S) groups is 1. The SMILES string of the molecule is CCCn1c(N2CCN(CC)CC2)c(C=C2SC(=S)N(Cc3ccccc3Cl)C2=O)c(C)c(C#N)c1=O. The minimum atomic E-state index is -0.279. The van der Waals surface area contributed by atoms with Crippen LogP contribution in [0, 0.1) is 18.3 Å². The topological polar surface area (TPSA) is 72.6 Å². The van der Waals surface area contributed by atoms with Crippen LogP contribution in [0.15, 0.2) is 34.0 Å². The van der Waals surface area contributed by atoms with Crippen molar-refractivity contribution in [2.24, 2.45) is 0 Å². The number of carbonyl (C=O) groups is 1. The van der Waals surface area contributed by atoms with Crippen LogP contribution in [0.4, 0.5) is 5.82 Å². The van der Waals surface area contributed by atoms with E-state index in [0.29, 0.717) is 26.4 Å². The number of anilines is 1. The van der Waals surface area contributed by atoms with E-state index in [-0.39, 0.29) is 23.6 Å². The molecule has 0 N–H and O–H groups in total. The van der Waals surface area contributed by atoms with Crippen LogP contribution in [0.2, 0.25) is 5.02 Å². The Labute approximate surface area is 232 Å². The minimum Gasteiger partial charge on any atom is -0.355 e. The molecule has 10 heteroatoms. The van der Waals surface area contributed by atoms with Gasteiger partial charge in [-0.1, -0.05) is 67.6 Å². The normalized spacial score (nSPS) is 17.6. The van der Waals surface area contributed by atoms with Crippen LogP contribution in [0.5, 0.6) is 0 Å². The van der Waals surface area contributed by atoms with Gasteiger partial charge in [0.05, 0.1) is 11.4 Å². The number of nitrogens with zero attached hydrogens (tertiary/aromatic N) is 5. The van der Waals surface area contributed by atoms with E-state index in [9.17, 15) is 14.9 Å². The summed E-state index contributed by atoms with van der Waals surface area (Å²) in [7, 11) is 0. The van der Waals surface area contributed by atoms with Crippen molar-refractivity contribution in [2.75, 3.05) is 37.6 Å². The van der Waals surface area contributed by atoms with Crippen molar-refractivity contribution in [3.8, 4) is 6.07 Å². The van der Waals surface area contributed by atoms with Gasteiger partial charge in [0.15, 0.2) is 0 Å². The largest absolute Gasteiger partial charge is 0.355 e. The van der Waals surface area contributed by atoms with Crippen molar-refractivity contribution in [1.29, 1.82) is 5.26 Å². The Morgan fingerprint density at radius 3 is 2.49 bits per heavy atom. The summed E-state index contributed by atoms with van der Waals surface area (Å²) in [5.74, 6) is 0.568. The fraction of sp³-hybridized carbons (Fsp3) is 0.407. The molecule has 0 unspecified atom stereocenters. The van der Waals surface area contributed by atoms with Crippen LogP contribution in [-0.4, -0.2) is 57.3 Å². The van der Waals surface area contributed by atoms with Gasteiger partial charge >= 0.3 is 0 Å². The number of amides is 1. The number of nitriles is 1. The average molecular weight is 556 g/mol. The standard InChI is InChI=1S/C27H30ClN5O2S2/c1-4-10-32-24(31-13-11-30(5-2)12-14-31)20(18(3)21(16-29)25(32)34)15-23-26(35)33(27(36)37-23)17-19-8-6-7-9-22(19)28/h6-9,15H,4-5,10-14,17H2,1-3H3. The molecular formula is C27H30ClN5O2S2. The molecule has 2 saturated heterocycles. The molecule has 1 aromatic carbocycles. The fourth-order valence-electron chi connectivity index (χ4n) is 4.76. The molecule has 0 atom stereocenters. The maximum atomic E-state index is 13.5. The molecule has 0 aliphatic carbocycles. The van der Waals surface area contributed by atoms with E-state index in [4.69, 9.17) is 23.8 Å². The quantitative estimate of drug-likeness (QED) is 0.364. The van der Waals surface area contributed by atoms with Gasteiger partial charge in [-0.25, -0.2) is 0 Å². The van der Waals surface area contributed by atoms with Gasteiger partial charge in [-0.15, -0.1) is 0 Å². The predicted octanol–water partition coefficient (Wildman–Crippen LogP) is 4.64. The molecule has 0 radical (unpaired) electrons. The highest BCUT2D eigenvalue weighted by molar-refractivity contribution is 8.26. The Hall–Kier alpha value is -2.64. The maximum absolute atomic E-state index is 13.5. The summed E-state index contributed by atoms with van der Waals surface area (Å²) in [6.07, 6.45) is 2.56. The Bertz CT molecular complexity index is 1360. The second-order valence-electron chi connectivity index (χ2n) is 9.09. The summed E-state index contributed by atoms with van der Waals surface area (Å²) >= 11 is 13.1. The third kappa shape index (κ3) is 5.48. The molecule has 1 amide bonds. The molecule has 0 saturated carbocycles. The maximum Gasteiger partial charge on any atom is 0.270 e. The number of thioether (sulfide) groups is 1. The molecule has 2 aliphatic rings. The molecule has 1 aromatic heterocycles. The van der Waals surface area contributed by atoms with Crippen LogP contribution >= 0.6 is 35.6 Å². The number of benzene rings is 1. The van der Waals surface area contributed by atoms with Gasteiger partial charge in [-0.05, 0) is 43.2 Å². The van der Waals surface area contributed by atoms with Gasteiger partial charge in [0.1, 0.15) is 21.8 Å². The number of hydrogen-bond donors (Lipinski definition) is 0. The minimum absolute atomic E-state index is 0.113. The van der Waals surface area contributed by atoms with Crippen LogP contribution in [0.3, 0.4) is 0 Å². The van der Waals surface area contributed by atoms with Crippen LogP contribution in [-0.2, 0) is 17.9 Å². The van der Waals surface area contributed by atoms with Gasteiger partial charge in [-0.3, -0.25) is 19.1 Å². The second kappa shape index (κ2) is 11.8. The van der Waals surface area contributed by atoms with Crippen molar-refractivity contribution in [2.45, 2.75) is 40.3 Å². The molecule has 0 bridgehead atoms. The number of likely N-dealkylation sites (N-methyl/N-ethyl adjacent to an activating group) is 1. The number of hydrogen-bond acceptors (Lipinski definition) is 7. The number of carbonyl (C=O) groups excluding carboxylic acids is 1. The fourth-order valence-corrected chi connectivity index (χ4v) is 6.19. The van der Waals surface area contributed by atoms with E-state index in [0.717, 1.165) is 56.1 Å². The van der Waals surface area contributed by atoms with Crippen LogP contribution in [0.1, 0.15) is 42.5 Å². The monoisotopic (exact) mass is 555 g/mol. The summed E-state index contributed by atoms with van der Waals surface area (Å²) in [5.41, 5.74) is 1.97. The van der Waals surface area contributed by atoms with E-state index in [1.807, 2.05) is 31.2 Å². The number of aromatic nitrogens is 1. The summed E-state index contributed by atoms with van der Waals surface area (Å²) in [6, 6.07) is 9.50.